The van der Waals surface area contributed by atoms with Gasteiger partial charge in [0.2, 0.25) is 5.75 Å². The number of nitro benzene ring substituents is 1. The van der Waals surface area contributed by atoms with Crippen molar-refractivity contribution >= 4 is 12.0 Å². The highest BCUT2D eigenvalue weighted by Gasteiger charge is 2.22. The molecule has 5 nitrogen and oxygen atoms in total. The van der Waals surface area contributed by atoms with Crippen LogP contribution in [0.4, 0.5) is 5.69 Å². The largest absolute Gasteiger partial charge is 0.487 e. The quantitative estimate of drug-likeness (QED) is 0.437. The molecule has 0 atom stereocenters. The van der Waals surface area contributed by atoms with E-state index in [0.717, 1.165) is 6.42 Å². The molecule has 1 rings (SSSR count). The average molecular weight is 223 g/mol. The highest BCUT2D eigenvalue weighted by atomic mass is 16.6. The van der Waals surface area contributed by atoms with E-state index in [4.69, 9.17) is 4.74 Å². The number of carbonyl (C=O) groups excluding carboxylic acids is 1. The van der Waals surface area contributed by atoms with Crippen LogP contribution in [0.1, 0.15) is 29.3 Å². The average Bonchev–Trinajstić information content (AvgIpc) is 2.26. The number of hydrogen-bond donors (Lipinski definition) is 0. The number of ether oxygens (including phenoxy) is 1. The first-order valence-electron chi connectivity index (χ1n) is 4.97. The third-order valence-electron chi connectivity index (χ3n) is 2.12. The Balaban J connectivity index is 3.29. The lowest BCUT2D eigenvalue weighted by atomic mass is 10.1. The molecule has 0 fully saturated rings. The van der Waals surface area contributed by atoms with Gasteiger partial charge in [-0.2, -0.15) is 0 Å². The zero-order valence-electron chi connectivity index (χ0n) is 9.23. The highest BCUT2D eigenvalue weighted by molar-refractivity contribution is 5.84. The summed E-state index contributed by atoms with van der Waals surface area (Å²) in [5.41, 5.74) is 0.455. The van der Waals surface area contributed by atoms with E-state index in [-0.39, 0.29) is 17.0 Å². The normalized spacial score (nSPS) is 9.88. The Kier molecular flexibility index (Phi) is 3.99. The van der Waals surface area contributed by atoms with E-state index in [1.54, 1.807) is 13.0 Å². The van der Waals surface area contributed by atoms with Crippen molar-refractivity contribution in [2.75, 3.05) is 6.61 Å². The van der Waals surface area contributed by atoms with E-state index >= 15 is 0 Å². The fourth-order valence-electron chi connectivity index (χ4n) is 1.36. The van der Waals surface area contributed by atoms with E-state index in [2.05, 4.69) is 0 Å². The lowest BCUT2D eigenvalue weighted by Gasteiger charge is -2.09. The molecule has 0 saturated carbocycles. The molecule has 86 valence electrons. The summed E-state index contributed by atoms with van der Waals surface area (Å²) in [6.07, 6.45) is 1.22. The number of nitro groups is 1. The minimum absolute atomic E-state index is 0.0432. The number of nitrogens with zero attached hydrogens (tertiary/aromatic N) is 1. The molecular formula is C11H13NO4. The molecule has 0 saturated heterocycles. The molecule has 0 spiro atoms. The van der Waals surface area contributed by atoms with Gasteiger partial charge in [0.05, 0.1) is 17.1 Å². The van der Waals surface area contributed by atoms with Crippen LogP contribution in [0, 0.1) is 17.0 Å². The first-order valence-corrected chi connectivity index (χ1v) is 4.97. The molecular weight excluding hydrogens is 210 g/mol. The Hall–Kier alpha value is -1.91. The van der Waals surface area contributed by atoms with Gasteiger partial charge in [0.25, 0.3) is 0 Å². The van der Waals surface area contributed by atoms with Crippen molar-refractivity contribution in [2.45, 2.75) is 20.3 Å². The Morgan fingerprint density at radius 1 is 1.50 bits per heavy atom. The van der Waals surface area contributed by atoms with Crippen molar-refractivity contribution in [1.82, 2.24) is 0 Å². The van der Waals surface area contributed by atoms with Crippen LogP contribution in [-0.4, -0.2) is 17.8 Å². The molecule has 0 aliphatic heterocycles. The van der Waals surface area contributed by atoms with Crippen LogP contribution in [0.5, 0.6) is 5.75 Å². The fraction of sp³-hybridized carbons (Fsp3) is 0.364. The molecule has 0 heterocycles. The summed E-state index contributed by atoms with van der Waals surface area (Å²) in [5, 5.41) is 10.9. The summed E-state index contributed by atoms with van der Waals surface area (Å²) >= 11 is 0. The van der Waals surface area contributed by atoms with Crippen LogP contribution in [0.25, 0.3) is 0 Å². The maximum Gasteiger partial charge on any atom is 0.321 e. The monoisotopic (exact) mass is 223 g/mol. The topological polar surface area (TPSA) is 69.4 Å². The van der Waals surface area contributed by atoms with E-state index in [1.807, 2.05) is 6.92 Å². The van der Waals surface area contributed by atoms with Crippen molar-refractivity contribution in [2.24, 2.45) is 0 Å². The lowest BCUT2D eigenvalue weighted by Crippen LogP contribution is -2.03. The Bertz CT molecular complexity index is 415. The standard InChI is InChI=1S/C11H13NO4/c1-3-6-16-11-8(2)4-5-9(7-13)10(11)12(14)15/h4-5,7H,3,6H2,1-2H3. The number of hydrogen-bond acceptors (Lipinski definition) is 4. The van der Waals surface area contributed by atoms with Crippen molar-refractivity contribution in [3.8, 4) is 5.75 Å². The van der Waals surface area contributed by atoms with E-state index in [0.29, 0.717) is 18.5 Å². The number of aldehydes is 1. The first kappa shape index (κ1) is 12.2. The van der Waals surface area contributed by atoms with Crippen LogP contribution in [0.3, 0.4) is 0 Å². The van der Waals surface area contributed by atoms with Gasteiger partial charge in [-0.05, 0) is 25.0 Å². The molecule has 5 heteroatoms. The van der Waals surface area contributed by atoms with Gasteiger partial charge < -0.3 is 4.74 Å². The third kappa shape index (κ3) is 2.36. The lowest BCUT2D eigenvalue weighted by molar-refractivity contribution is -0.386. The number of carbonyl (C=O) groups is 1. The molecule has 1 aromatic carbocycles. The molecule has 0 unspecified atom stereocenters. The highest BCUT2D eigenvalue weighted by Crippen LogP contribution is 2.33. The number of aryl methyl sites for hydroxylation is 1. The third-order valence-corrected chi connectivity index (χ3v) is 2.12. The van der Waals surface area contributed by atoms with Gasteiger partial charge in [0.15, 0.2) is 6.29 Å². The molecule has 0 aromatic heterocycles. The Labute approximate surface area is 93.2 Å². The molecule has 0 bridgehead atoms. The molecule has 0 amide bonds. The molecule has 16 heavy (non-hydrogen) atoms. The van der Waals surface area contributed by atoms with Gasteiger partial charge in [-0.15, -0.1) is 0 Å². The van der Waals surface area contributed by atoms with Gasteiger partial charge >= 0.3 is 5.69 Å². The SMILES string of the molecule is CCCOc1c(C)ccc(C=O)c1[N+](=O)[O-]. The van der Waals surface area contributed by atoms with Crippen LogP contribution in [0.15, 0.2) is 12.1 Å². The number of benzene rings is 1. The maximum atomic E-state index is 10.9. The van der Waals surface area contributed by atoms with Crippen LogP contribution in [-0.2, 0) is 0 Å². The second-order valence-electron chi connectivity index (χ2n) is 3.37. The molecule has 0 aliphatic rings. The summed E-state index contributed by atoms with van der Waals surface area (Å²) in [6.45, 7) is 4.02. The van der Waals surface area contributed by atoms with Crippen molar-refractivity contribution in [1.29, 1.82) is 0 Å². The maximum absolute atomic E-state index is 10.9. The van der Waals surface area contributed by atoms with Gasteiger partial charge in [0.1, 0.15) is 0 Å². The molecule has 0 N–H and O–H groups in total. The van der Waals surface area contributed by atoms with E-state index in [9.17, 15) is 14.9 Å². The Morgan fingerprint density at radius 3 is 2.69 bits per heavy atom. The zero-order chi connectivity index (χ0) is 12.1. The molecule has 0 aliphatic carbocycles. The van der Waals surface area contributed by atoms with Gasteiger partial charge in [-0.3, -0.25) is 14.9 Å². The minimum atomic E-state index is -0.582. The summed E-state index contributed by atoms with van der Waals surface area (Å²) in [6, 6.07) is 3.07. The predicted octanol–water partition coefficient (Wildman–Crippen LogP) is 2.50. The second kappa shape index (κ2) is 5.25. The van der Waals surface area contributed by atoms with E-state index < -0.39 is 4.92 Å². The van der Waals surface area contributed by atoms with Crippen LogP contribution >= 0.6 is 0 Å². The second-order valence-corrected chi connectivity index (χ2v) is 3.37. The summed E-state index contributed by atoms with van der Waals surface area (Å²) in [4.78, 5) is 21.0. The summed E-state index contributed by atoms with van der Waals surface area (Å²) < 4.78 is 5.32. The smallest absolute Gasteiger partial charge is 0.321 e. The molecule has 1 aromatic rings. The number of rotatable bonds is 5. The van der Waals surface area contributed by atoms with E-state index in [1.165, 1.54) is 6.07 Å². The van der Waals surface area contributed by atoms with Gasteiger partial charge in [0, 0.05) is 0 Å². The van der Waals surface area contributed by atoms with Crippen molar-refractivity contribution in [3.63, 3.8) is 0 Å². The Morgan fingerprint density at radius 2 is 2.19 bits per heavy atom. The van der Waals surface area contributed by atoms with Crippen LogP contribution in [0.2, 0.25) is 0 Å². The van der Waals surface area contributed by atoms with Crippen molar-refractivity contribution in [3.05, 3.63) is 33.4 Å². The first-order chi connectivity index (χ1) is 7.61. The predicted molar refractivity (Wildman–Crippen MR) is 59.0 cm³/mol. The van der Waals surface area contributed by atoms with Crippen LogP contribution < -0.4 is 4.74 Å². The summed E-state index contributed by atoms with van der Waals surface area (Å²) in [7, 11) is 0. The fourth-order valence-corrected chi connectivity index (χ4v) is 1.36. The summed E-state index contributed by atoms with van der Waals surface area (Å²) in [5.74, 6) is 0.191. The van der Waals surface area contributed by atoms with Crippen molar-refractivity contribution < 1.29 is 14.5 Å². The van der Waals surface area contributed by atoms with Gasteiger partial charge in [-0.1, -0.05) is 13.0 Å². The van der Waals surface area contributed by atoms with Gasteiger partial charge in [-0.25, -0.2) is 0 Å². The minimum Gasteiger partial charge on any atom is -0.487 e. The zero-order valence-corrected chi connectivity index (χ0v) is 9.23. The molecule has 0 radical (unpaired) electrons.